The van der Waals surface area contributed by atoms with Gasteiger partial charge < -0.3 is 5.73 Å². The van der Waals surface area contributed by atoms with Gasteiger partial charge in [-0.15, -0.1) is 0 Å². The van der Waals surface area contributed by atoms with Gasteiger partial charge in [-0.3, -0.25) is 0 Å². The Labute approximate surface area is 114 Å². The molecular weight excluding hydrogens is 296 g/mol. The van der Waals surface area contributed by atoms with E-state index in [0.717, 1.165) is 20.0 Å². The number of hydrogen-bond acceptors (Lipinski definition) is 3. The molecule has 0 aliphatic rings. The fourth-order valence-corrected chi connectivity index (χ4v) is 2.69. The minimum absolute atomic E-state index is 0.00153. The van der Waals surface area contributed by atoms with Crippen molar-refractivity contribution in [1.82, 2.24) is 4.98 Å². The summed E-state index contributed by atoms with van der Waals surface area (Å²) in [6.45, 7) is 1.97. The van der Waals surface area contributed by atoms with Gasteiger partial charge in [-0.25, -0.2) is 4.98 Å². The van der Waals surface area contributed by atoms with Crippen molar-refractivity contribution >= 4 is 27.7 Å². The standard InChI is InChI=1S/C13H13BrN2S/c1-9(15)12-3-2-8-16-13(12)17-11-6-4-10(14)5-7-11/h2-9H,15H2,1H3. The molecule has 1 atom stereocenters. The number of pyridine rings is 1. The van der Waals surface area contributed by atoms with Gasteiger partial charge >= 0.3 is 0 Å². The minimum Gasteiger partial charge on any atom is -0.324 e. The first-order chi connectivity index (χ1) is 8.16. The SMILES string of the molecule is CC(N)c1cccnc1Sc1ccc(Br)cc1. The van der Waals surface area contributed by atoms with Crippen LogP contribution in [0.2, 0.25) is 0 Å². The lowest BCUT2D eigenvalue weighted by molar-refractivity contribution is 0.779. The van der Waals surface area contributed by atoms with E-state index in [4.69, 9.17) is 5.73 Å². The largest absolute Gasteiger partial charge is 0.324 e. The van der Waals surface area contributed by atoms with Crippen molar-refractivity contribution in [3.63, 3.8) is 0 Å². The molecule has 0 bridgehead atoms. The molecule has 1 unspecified atom stereocenters. The van der Waals surface area contributed by atoms with Crippen molar-refractivity contribution in [2.24, 2.45) is 5.73 Å². The van der Waals surface area contributed by atoms with Crippen molar-refractivity contribution in [3.05, 3.63) is 52.6 Å². The van der Waals surface area contributed by atoms with Crippen LogP contribution in [0.5, 0.6) is 0 Å². The average molecular weight is 309 g/mol. The average Bonchev–Trinajstić information content (AvgIpc) is 2.32. The van der Waals surface area contributed by atoms with Crippen LogP contribution in [0.4, 0.5) is 0 Å². The van der Waals surface area contributed by atoms with Gasteiger partial charge in [-0.1, -0.05) is 33.8 Å². The van der Waals surface area contributed by atoms with E-state index in [0.29, 0.717) is 0 Å². The number of aromatic nitrogens is 1. The van der Waals surface area contributed by atoms with E-state index in [1.54, 1.807) is 18.0 Å². The van der Waals surface area contributed by atoms with Crippen molar-refractivity contribution in [2.45, 2.75) is 22.9 Å². The summed E-state index contributed by atoms with van der Waals surface area (Å²) >= 11 is 5.06. The van der Waals surface area contributed by atoms with E-state index >= 15 is 0 Å². The van der Waals surface area contributed by atoms with Gasteiger partial charge in [0.25, 0.3) is 0 Å². The van der Waals surface area contributed by atoms with Crippen LogP contribution in [-0.4, -0.2) is 4.98 Å². The smallest absolute Gasteiger partial charge is 0.105 e. The molecule has 0 aliphatic carbocycles. The molecule has 88 valence electrons. The van der Waals surface area contributed by atoms with Crippen molar-refractivity contribution in [3.8, 4) is 0 Å². The Morgan fingerprint density at radius 1 is 1.24 bits per heavy atom. The lowest BCUT2D eigenvalue weighted by Crippen LogP contribution is -2.06. The van der Waals surface area contributed by atoms with Crippen molar-refractivity contribution < 1.29 is 0 Å². The van der Waals surface area contributed by atoms with Gasteiger partial charge in [0.05, 0.1) is 0 Å². The number of benzene rings is 1. The Morgan fingerprint density at radius 3 is 2.59 bits per heavy atom. The number of hydrogen-bond donors (Lipinski definition) is 1. The molecule has 4 heteroatoms. The predicted molar refractivity (Wildman–Crippen MR) is 75.1 cm³/mol. The van der Waals surface area contributed by atoms with Crippen molar-refractivity contribution in [1.29, 1.82) is 0 Å². The van der Waals surface area contributed by atoms with E-state index < -0.39 is 0 Å². The van der Waals surface area contributed by atoms with E-state index in [1.165, 1.54) is 0 Å². The fraction of sp³-hybridized carbons (Fsp3) is 0.154. The van der Waals surface area contributed by atoms with E-state index in [2.05, 4.69) is 33.0 Å². The maximum absolute atomic E-state index is 5.93. The maximum Gasteiger partial charge on any atom is 0.105 e. The molecule has 2 aromatic rings. The first-order valence-electron chi connectivity index (χ1n) is 5.31. The zero-order valence-electron chi connectivity index (χ0n) is 9.43. The molecule has 0 saturated carbocycles. The van der Waals surface area contributed by atoms with E-state index in [1.807, 2.05) is 31.2 Å². The molecule has 0 radical (unpaired) electrons. The molecule has 0 spiro atoms. The molecule has 1 aromatic heterocycles. The Bertz CT molecular complexity index is 497. The molecule has 2 N–H and O–H groups in total. The summed E-state index contributed by atoms with van der Waals surface area (Å²) in [4.78, 5) is 5.55. The van der Waals surface area contributed by atoms with Gasteiger partial charge in [0.1, 0.15) is 5.03 Å². The highest BCUT2D eigenvalue weighted by atomic mass is 79.9. The van der Waals surface area contributed by atoms with Crippen LogP contribution in [0.25, 0.3) is 0 Å². The molecule has 0 fully saturated rings. The summed E-state index contributed by atoms with van der Waals surface area (Å²) in [5.74, 6) is 0. The van der Waals surface area contributed by atoms with E-state index in [-0.39, 0.29) is 6.04 Å². The summed E-state index contributed by atoms with van der Waals surface area (Å²) < 4.78 is 1.08. The lowest BCUT2D eigenvalue weighted by atomic mass is 10.2. The summed E-state index contributed by atoms with van der Waals surface area (Å²) in [5.41, 5.74) is 7.02. The zero-order chi connectivity index (χ0) is 12.3. The molecule has 0 saturated heterocycles. The number of nitrogens with two attached hydrogens (primary N) is 1. The van der Waals surface area contributed by atoms with Crippen LogP contribution in [0.15, 0.2) is 57.0 Å². The third-order valence-corrected chi connectivity index (χ3v) is 3.89. The summed E-state index contributed by atoms with van der Waals surface area (Å²) in [6.07, 6.45) is 1.80. The third-order valence-electron chi connectivity index (χ3n) is 2.32. The highest BCUT2D eigenvalue weighted by molar-refractivity contribution is 9.10. The quantitative estimate of drug-likeness (QED) is 0.931. The number of halogens is 1. The first-order valence-corrected chi connectivity index (χ1v) is 6.91. The van der Waals surface area contributed by atoms with Gasteiger partial charge in [0.15, 0.2) is 0 Å². The predicted octanol–water partition coefficient (Wildman–Crippen LogP) is 4.02. The normalized spacial score (nSPS) is 12.4. The highest BCUT2D eigenvalue weighted by Gasteiger charge is 2.08. The van der Waals surface area contributed by atoms with Crippen LogP contribution in [0.1, 0.15) is 18.5 Å². The van der Waals surface area contributed by atoms with Gasteiger partial charge in [0, 0.05) is 27.2 Å². The van der Waals surface area contributed by atoms with Crippen LogP contribution in [0.3, 0.4) is 0 Å². The monoisotopic (exact) mass is 308 g/mol. The molecule has 17 heavy (non-hydrogen) atoms. The van der Waals surface area contributed by atoms with E-state index in [9.17, 15) is 0 Å². The van der Waals surface area contributed by atoms with Gasteiger partial charge in [-0.2, -0.15) is 0 Å². The Hall–Kier alpha value is -0.840. The fourth-order valence-electron chi connectivity index (χ4n) is 1.45. The molecule has 0 aliphatic heterocycles. The summed E-state index contributed by atoms with van der Waals surface area (Å²) in [6, 6.07) is 12.1. The van der Waals surface area contributed by atoms with Crippen molar-refractivity contribution in [2.75, 3.05) is 0 Å². The van der Waals surface area contributed by atoms with Gasteiger partial charge in [0.2, 0.25) is 0 Å². The minimum atomic E-state index is 0.00153. The second-order valence-corrected chi connectivity index (χ2v) is 5.72. The maximum atomic E-state index is 5.93. The molecule has 2 nitrogen and oxygen atoms in total. The van der Waals surface area contributed by atoms with Crippen LogP contribution in [0, 0.1) is 0 Å². The molecule has 0 amide bonds. The molecule has 1 aromatic carbocycles. The first kappa shape index (κ1) is 12.6. The summed E-state index contributed by atoms with van der Waals surface area (Å²) in [7, 11) is 0. The molecule has 1 heterocycles. The van der Waals surface area contributed by atoms with Gasteiger partial charge in [-0.05, 0) is 37.3 Å². The molecular formula is C13H13BrN2S. The third kappa shape index (κ3) is 3.31. The second-order valence-electron chi connectivity index (χ2n) is 3.74. The Balaban J connectivity index is 2.26. The molecule has 2 rings (SSSR count). The number of rotatable bonds is 3. The summed E-state index contributed by atoms with van der Waals surface area (Å²) in [5, 5.41) is 0.977. The Kier molecular flexibility index (Phi) is 4.20. The lowest BCUT2D eigenvalue weighted by Gasteiger charge is -2.10. The Morgan fingerprint density at radius 2 is 1.94 bits per heavy atom. The topological polar surface area (TPSA) is 38.9 Å². The number of nitrogens with zero attached hydrogens (tertiary/aromatic N) is 1. The van der Waals surface area contributed by atoms with Crippen LogP contribution in [-0.2, 0) is 0 Å². The zero-order valence-corrected chi connectivity index (χ0v) is 11.8. The van der Waals surface area contributed by atoms with Crippen LogP contribution < -0.4 is 5.73 Å². The second kappa shape index (κ2) is 5.67. The van der Waals surface area contributed by atoms with Crippen LogP contribution >= 0.6 is 27.7 Å². The highest BCUT2D eigenvalue weighted by Crippen LogP contribution is 2.31.